The van der Waals surface area contributed by atoms with Crippen LogP contribution in [0.15, 0.2) is 24.3 Å². The number of amides is 2. The maximum atomic E-state index is 12.8. The second-order valence-corrected chi connectivity index (χ2v) is 9.13. The van der Waals surface area contributed by atoms with Crippen molar-refractivity contribution in [2.75, 3.05) is 20.3 Å². The van der Waals surface area contributed by atoms with Gasteiger partial charge in [-0.15, -0.1) is 0 Å². The lowest BCUT2D eigenvalue weighted by atomic mass is 9.90. The molecule has 2 amide bonds. The molecule has 1 aromatic rings. The minimum absolute atomic E-state index is 0.261. The Hall–Kier alpha value is -2.28. The topological polar surface area (TPSA) is 85.9 Å². The number of rotatable bonds is 10. The predicted molar refractivity (Wildman–Crippen MR) is 120 cm³/mol. The van der Waals surface area contributed by atoms with Crippen molar-refractivity contribution < 1.29 is 23.8 Å². The zero-order chi connectivity index (χ0) is 22.7. The molecule has 0 aromatic heterocycles. The lowest BCUT2D eigenvalue weighted by Crippen LogP contribution is -2.48. The molecule has 1 fully saturated rings. The van der Waals surface area contributed by atoms with E-state index in [0.717, 1.165) is 11.3 Å². The molecule has 31 heavy (non-hydrogen) atoms. The fourth-order valence-electron chi connectivity index (χ4n) is 3.58. The van der Waals surface area contributed by atoms with Crippen LogP contribution in [0.2, 0.25) is 0 Å². The molecule has 0 heterocycles. The van der Waals surface area contributed by atoms with Crippen LogP contribution < -0.4 is 15.4 Å². The van der Waals surface area contributed by atoms with Crippen molar-refractivity contribution in [1.29, 1.82) is 0 Å². The van der Waals surface area contributed by atoms with E-state index in [9.17, 15) is 9.59 Å². The van der Waals surface area contributed by atoms with Crippen LogP contribution >= 0.6 is 0 Å². The molecule has 1 atom stereocenters. The smallest absolute Gasteiger partial charge is 0.408 e. The predicted octanol–water partition coefficient (Wildman–Crippen LogP) is 4.19. The summed E-state index contributed by atoms with van der Waals surface area (Å²) >= 11 is 0. The molecule has 0 spiro atoms. The first kappa shape index (κ1) is 25.0. The van der Waals surface area contributed by atoms with E-state index < -0.39 is 17.7 Å². The van der Waals surface area contributed by atoms with Crippen LogP contribution in [0.5, 0.6) is 5.75 Å². The van der Waals surface area contributed by atoms with Gasteiger partial charge in [0.15, 0.2) is 0 Å². The van der Waals surface area contributed by atoms with E-state index in [1.807, 2.05) is 24.3 Å². The van der Waals surface area contributed by atoms with Gasteiger partial charge in [0.05, 0.1) is 7.11 Å². The summed E-state index contributed by atoms with van der Waals surface area (Å²) in [7, 11) is 1.61. The summed E-state index contributed by atoms with van der Waals surface area (Å²) in [5, 5.41) is 5.58. The van der Waals surface area contributed by atoms with Crippen LogP contribution in [-0.4, -0.2) is 44.0 Å². The summed E-state index contributed by atoms with van der Waals surface area (Å²) in [6.45, 7) is 6.85. The summed E-state index contributed by atoms with van der Waals surface area (Å²) in [5.74, 6) is 1.10. The van der Waals surface area contributed by atoms with Crippen LogP contribution in [0, 0.1) is 5.92 Å². The van der Waals surface area contributed by atoms with Gasteiger partial charge in [-0.3, -0.25) is 4.79 Å². The Morgan fingerprint density at radius 3 is 2.39 bits per heavy atom. The number of nitrogens with one attached hydrogen (secondary N) is 2. The molecule has 1 saturated carbocycles. The lowest BCUT2D eigenvalue weighted by Gasteiger charge is -2.24. The quantitative estimate of drug-likeness (QED) is 0.539. The molecule has 0 unspecified atom stereocenters. The van der Waals surface area contributed by atoms with E-state index in [-0.39, 0.29) is 5.91 Å². The average molecular weight is 435 g/mol. The Morgan fingerprint density at radius 2 is 1.77 bits per heavy atom. The van der Waals surface area contributed by atoms with Crippen LogP contribution in [-0.2, 0) is 20.8 Å². The summed E-state index contributed by atoms with van der Waals surface area (Å²) in [6.07, 6.45) is 6.05. The molecular formula is C24H38N2O5. The van der Waals surface area contributed by atoms with Crippen molar-refractivity contribution in [1.82, 2.24) is 10.6 Å². The molecule has 7 nitrogen and oxygen atoms in total. The Labute approximate surface area is 186 Å². The highest BCUT2D eigenvalue weighted by Crippen LogP contribution is 2.23. The summed E-state index contributed by atoms with van der Waals surface area (Å²) in [6, 6.07) is 6.75. The van der Waals surface area contributed by atoms with E-state index in [1.54, 1.807) is 27.9 Å². The third-order valence-corrected chi connectivity index (χ3v) is 5.26. The highest BCUT2D eigenvalue weighted by Gasteiger charge is 2.24. The summed E-state index contributed by atoms with van der Waals surface area (Å²) < 4.78 is 16.3. The minimum Gasteiger partial charge on any atom is -0.497 e. The van der Waals surface area contributed by atoms with Gasteiger partial charge in [0, 0.05) is 26.2 Å². The van der Waals surface area contributed by atoms with Crippen LogP contribution in [0.3, 0.4) is 0 Å². The minimum atomic E-state index is -0.723. The molecular weight excluding hydrogens is 396 g/mol. The van der Waals surface area contributed by atoms with Gasteiger partial charge in [-0.2, -0.15) is 0 Å². The van der Waals surface area contributed by atoms with E-state index in [2.05, 4.69) is 10.6 Å². The SMILES string of the molecule is COc1ccc(CNC(=O)[C@H](CCOCC2CCCCC2)NC(=O)OC(C)(C)C)cc1. The van der Waals surface area contributed by atoms with Gasteiger partial charge in [0.25, 0.3) is 0 Å². The second kappa shape index (κ2) is 12.5. The number of hydrogen-bond donors (Lipinski definition) is 2. The van der Waals surface area contributed by atoms with E-state index in [1.165, 1.54) is 32.1 Å². The summed E-state index contributed by atoms with van der Waals surface area (Å²) in [5.41, 5.74) is 0.310. The van der Waals surface area contributed by atoms with Crippen molar-refractivity contribution in [2.24, 2.45) is 5.92 Å². The summed E-state index contributed by atoms with van der Waals surface area (Å²) in [4.78, 5) is 25.0. The number of methoxy groups -OCH3 is 1. The molecule has 174 valence electrons. The number of benzene rings is 1. The number of alkyl carbamates (subject to hydrolysis) is 1. The van der Waals surface area contributed by atoms with Gasteiger partial charge in [0.2, 0.25) is 5.91 Å². The average Bonchev–Trinajstić information content (AvgIpc) is 2.74. The van der Waals surface area contributed by atoms with Crippen molar-refractivity contribution in [3.8, 4) is 5.75 Å². The second-order valence-electron chi connectivity index (χ2n) is 9.13. The van der Waals surface area contributed by atoms with Crippen molar-refractivity contribution in [3.05, 3.63) is 29.8 Å². The monoisotopic (exact) mass is 434 g/mol. The zero-order valence-electron chi connectivity index (χ0n) is 19.4. The van der Waals surface area contributed by atoms with Crippen molar-refractivity contribution in [2.45, 2.75) is 77.5 Å². The Kier molecular flexibility index (Phi) is 10.1. The number of ether oxygens (including phenoxy) is 3. The molecule has 1 aromatic carbocycles. The highest BCUT2D eigenvalue weighted by atomic mass is 16.6. The maximum Gasteiger partial charge on any atom is 0.408 e. The molecule has 1 aliphatic rings. The maximum absolute atomic E-state index is 12.8. The zero-order valence-corrected chi connectivity index (χ0v) is 19.4. The standard InChI is InChI=1S/C24H38N2O5/c1-24(2,3)31-23(28)26-21(14-15-30-17-19-8-6-5-7-9-19)22(27)25-16-18-10-12-20(29-4)13-11-18/h10-13,19,21H,5-9,14-17H2,1-4H3,(H,25,27)(H,26,28)/t21-/m0/s1. The number of carbonyl (C=O) groups excluding carboxylic acids is 2. The normalized spacial score (nSPS) is 15.7. The first-order chi connectivity index (χ1) is 14.8. The molecule has 0 bridgehead atoms. The van der Waals surface area contributed by atoms with E-state index >= 15 is 0 Å². The van der Waals surface area contributed by atoms with Crippen molar-refractivity contribution in [3.63, 3.8) is 0 Å². The largest absolute Gasteiger partial charge is 0.497 e. The fourth-order valence-corrected chi connectivity index (χ4v) is 3.58. The first-order valence-corrected chi connectivity index (χ1v) is 11.2. The van der Waals surface area contributed by atoms with E-state index in [0.29, 0.717) is 32.1 Å². The molecule has 7 heteroatoms. The van der Waals surface area contributed by atoms with Gasteiger partial charge in [-0.25, -0.2) is 4.79 Å². The molecule has 1 aliphatic carbocycles. The third-order valence-electron chi connectivity index (χ3n) is 5.26. The van der Waals surface area contributed by atoms with Gasteiger partial charge < -0.3 is 24.8 Å². The fraction of sp³-hybridized carbons (Fsp3) is 0.667. The first-order valence-electron chi connectivity index (χ1n) is 11.2. The van der Waals surface area contributed by atoms with Crippen LogP contribution in [0.25, 0.3) is 0 Å². The van der Waals surface area contributed by atoms with Crippen molar-refractivity contribution >= 4 is 12.0 Å². The molecule has 0 saturated heterocycles. The van der Waals surface area contributed by atoms with Gasteiger partial charge in [-0.05, 0) is 57.2 Å². The number of hydrogen-bond acceptors (Lipinski definition) is 5. The van der Waals surface area contributed by atoms with Crippen LogP contribution in [0.4, 0.5) is 4.79 Å². The lowest BCUT2D eigenvalue weighted by molar-refractivity contribution is -0.123. The molecule has 2 N–H and O–H groups in total. The Morgan fingerprint density at radius 1 is 1.10 bits per heavy atom. The molecule has 0 radical (unpaired) electrons. The van der Waals surface area contributed by atoms with Gasteiger partial charge >= 0.3 is 6.09 Å². The van der Waals surface area contributed by atoms with E-state index in [4.69, 9.17) is 14.2 Å². The van der Waals surface area contributed by atoms with Crippen LogP contribution in [0.1, 0.15) is 64.9 Å². The number of carbonyl (C=O) groups is 2. The van der Waals surface area contributed by atoms with Gasteiger partial charge in [-0.1, -0.05) is 31.4 Å². The Balaban J connectivity index is 1.86. The Bertz CT molecular complexity index is 678. The molecule has 2 rings (SSSR count). The highest BCUT2D eigenvalue weighted by molar-refractivity contribution is 5.85. The molecule has 0 aliphatic heterocycles. The third kappa shape index (κ3) is 10.0. The van der Waals surface area contributed by atoms with Gasteiger partial charge in [0.1, 0.15) is 17.4 Å².